The molecule has 6 nitrogen and oxygen atoms in total. The van der Waals surface area contributed by atoms with Crippen molar-refractivity contribution in [2.75, 3.05) is 39.2 Å². The zero-order chi connectivity index (χ0) is 10.9. The maximum Gasteiger partial charge on any atom is 0.327 e. The molecule has 0 atom stereocenters. The molecule has 0 rings (SSSR count). The largest absolute Gasteiger partial charge is 0.378 e. The molecule has 0 aromatic carbocycles. The van der Waals surface area contributed by atoms with Gasteiger partial charge in [0.25, 0.3) is 0 Å². The summed E-state index contributed by atoms with van der Waals surface area (Å²) < 4.78 is 24.8. The molecule has 0 amide bonds. The normalized spacial score (nSPS) is 11.9. The van der Waals surface area contributed by atoms with Gasteiger partial charge >= 0.3 is 7.60 Å². The van der Waals surface area contributed by atoms with Crippen molar-refractivity contribution < 1.29 is 28.6 Å². The zero-order valence-corrected chi connectivity index (χ0v) is 8.82. The summed E-state index contributed by atoms with van der Waals surface area (Å²) in [6.45, 7) is 1.59. The Bertz CT molecular complexity index is 168. The molecule has 0 saturated carbocycles. The zero-order valence-electron chi connectivity index (χ0n) is 7.92. The first kappa shape index (κ1) is 14.0. The number of ether oxygens (including phenoxy) is 3. The van der Waals surface area contributed by atoms with E-state index in [4.69, 9.17) is 19.3 Å². The highest BCUT2D eigenvalue weighted by Gasteiger charge is 2.11. The van der Waals surface area contributed by atoms with E-state index in [0.717, 1.165) is 0 Å². The van der Waals surface area contributed by atoms with Crippen LogP contribution in [0.15, 0.2) is 0 Å². The van der Waals surface area contributed by atoms with E-state index >= 15 is 0 Å². The molecule has 0 aromatic heterocycles. The second-order valence-electron chi connectivity index (χ2n) is 2.52. The van der Waals surface area contributed by atoms with E-state index in [2.05, 4.69) is 11.8 Å². The Morgan fingerprint density at radius 2 is 1.50 bits per heavy atom. The fourth-order valence-electron chi connectivity index (χ4n) is 0.623. The van der Waals surface area contributed by atoms with Crippen molar-refractivity contribution in [3.05, 3.63) is 7.11 Å². The maximum atomic E-state index is 10.4. The Labute approximate surface area is 83.3 Å². The molecule has 0 bridgehead atoms. The van der Waals surface area contributed by atoms with Crippen LogP contribution in [0.25, 0.3) is 0 Å². The molecule has 0 unspecified atom stereocenters. The fraction of sp³-hybridized carbons (Fsp3) is 0.857. The van der Waals surface area contributed by atoms with Crippen molar-refractivity contribution in [1.29, 1.82) is 0 Å². The average molecular weight is 227 g/mol. The van der Waals surface area contributed by atoms with Gasteiger partial charge in [0, 0.05) is 0 Å². The fourth-order valence-corrected chi connectivity index (χ4v) is 0.990. The minimum absolute atomic E-state index is 0.0411. The lowest BCUT2D eigenvalue weighted by Gasteiger charge is -2.06. The molecule has 0 fully saturated rings. The summed E-state index contributed by atoms with van der Waals surface area (Å²) in [6.07, 6.45) is -0.255. The van der Waals surface area contributed by atoms with Gasteiger partial charge < -0.3 is 24.0 Å². The van der Waals surface area contributed by atoms with E-state index in [9.17, 15) is 4.57 Å². The van der Waals surface area contributed by atoms with Gasteiger partial charge in [-0.2, -0.15) is 0 Å². The molecule has 0 spiro atoms. The van der Waals surface area contributed by atoms with Crippen LogP contribution in [0.2, 0.25) is 0 Å². The van der Waals surface area contributed by atoms with Crippen molar-refractivity contribution in [1.82, 2.24) is 0 Å². The molecule has 2 N–H and O–H groups in total. The molecular weight excluding hydrogens is 211 g/mol. The van der Waals surface area contributed by atoms with Crippen LogP contribution in [0.4, 0.5) is 0 Å². The first-order chi connectivity index (χ1) is 6.56. The lowest BCUT2D eigenvalue weighted by molar-refractivity contribution is 0.0332. The minimum atomic E-state index is -3.93. The molecule has 0 aliphatic heterocycles. The van der Waals surface area contributed by atoms with E-state index in [1.807, 2.05) is 0 Å². The van der Waals surface area contributed by atoms with E-state index in [1.165, 1.54) is 0 Å². The van der Waals surface area contributed by atoms with Gasteiger partial charge in [-0.15, -0.1) is 0 Å². The van der Waals surface area contributed by atoms with Gasteiger partial charge in [0.2, 0.25) is 0 Å². The topological polar surface area (TPSA) is 85.2 Å². The quantitative estimate of drug-likeness (QED) is 0.426. The van der Waals surface area contributed by atoms with Crippen LogP contribution in [0.3, 0.4) is 0 Å². The molecule has 7 heteroatoms. The van der Waals surface area contributed by atoms with Crippen molar-refractivity contribution in [2.45, 2.75) is 0 Å². The highest BCUT2D eigenvalue weighted by Crippen LogP contribution is 2.33. The summed E-state index contributed by atoms with van der Waals surface area (Å²) in [5.41, 5.74) is 0. The van der Waals surface area contributed by atoms with Crippen molar-refractivity contribution >= 4 is 7.60 Å². The smallest absolute Gasteiger partial charge is 0.327 e. The van der Waals surface area contributed by atoms with Gasteiger partial charge in [-0.25, -0.2) is 0 Å². The molecular formula is C7H16O6P. The second kappa shape index (κ2) is 8.35. The highest BCUT2D eigenvalue weighted by molar-refractivity contribution is 7.51. The molecule has 0 saturated heterocycles. The second-order valence-corrected chi connectivity index (χ2v) is 4.30. The van der Waals surface area contributed by atoms with Crippen molar-refractivity contribution in [3.63, 3.8) is 0 Å². The Hall–Kier alpha value is 0.0300. The number of rotatable bonds is 9. The van der Waals surface area contributed by atoms with E-state index in [1.54, 1.807) is 0 Å². The lowest BCUT2D eigenvalue weighted by atomic mass is 10.7. The Kier molecular flexibility index (Phi) is 8.37. The standard InChI is InChI=1S/C7H16O6P/c1-11-2-3-12-4-5-13-6-7-14(8,9)10/h1-7H2,(H2,8,9,10). The Morgan fingerprint density at radius 3 is 2.00 bits per heavy atom. The van der Waals surface area contributed by atoms with Gasteiger partial charge in [0.05, 0.1) is 46.3 Å². The molecule has 0 heterocycles. The van der Waals surface area contributed by atoms with E-state index in [-0.39, 0.29) is 12.8 Å². The number of hydrogen-bond donors (Lipinski definition) is 2. The summed E-state index contributed by atoms with van der Waals surface area (Å²) in [5.74, 6) is 0. The molecule has 0 aromatic rings. The average Bonchev–Trinajstić information content (AvgIpc) is 2.08. The first-order valence-corrected chi connectivity index (χ1v) is 5.93. The van der Waals surface area contributed by atoms with Crippen LogP contribution in [0, 0.1) is 7.11 Å². The molecule has 1 radical (unpaired) electrons. The SMILES string of the molecule is [CH2]OCCOCCOCCP(=O)(O)O. The van der Waals surface area contributed by atoms with Crippen LogP contribution in [0.5, 0.6) is 0 Å². The summed E-state index contributed by atoms with van der Waals surface area (Å²) >= 11 is 0. The third kappa shape index (κ3) is 12.0. The van der Waals surface area contributed by atoms with Gasteiger partial charge in [-0.3, -0.25) is 4.57 Å². The van der Waals surface area contributed by atoms with Gasteiger partial charge in [0.1, 0.15) is 0 Å². The van der Waals surface area contributed by atoms with Crippen molar-refractivity contribution in [2.24, 2.45) is 0 Å². The van der Waals surface area contributed by atoms with E-state index in [0.29, 0.717) is 26.4 Å². The predicted molar refractivity (Wildman–Crippen MR) is 49.9 cm³/mol. The lowest BCUT2D eigenvalue weighted by Crippen LogP contribution is -2.10. The summed E-state index contributed by atoms with van der Waals surface area (Å²) in [6, 6.07) is 0. The van der Waals surface area contributed by atoms with Crippen LogP contribution in [-0.4, -0.2) is 49.0 Å². The van der Waals surface area contributed by atoms with Crippen LogP contribution in [-0.2, 0) is 18.8 Å². The van der Waals surface area contributed by atoms with Gasteiger partial charge in [-0.1, -0.05) is 0 Å². The van der Waals surface area contributed by atoms with Crippen LogP contribution >= 0.6 is 7.60 Å². The van der Waals surface area contributed by atoms with Gasteiger partial charge in [0.15, 0.2) is 0 Å². The first-order valence-electron chi connectivity index (χ1n) is 4.13. The third-order valence-corrected chi connectivity index (χ3v) is 2.04. The monoisotopic (exact) mass is 227 g/mol. The van der Waals surface area contributed by atoms with Crippen LogP contribution < -0.4 is 0 Å². The molecule has 14 heavy (non-hydrogen) atoms. The minimum Gasteiger partial charge on any atom is -0.378 e. The summed E-state index contributed by atoms with van der Waals surface area (Å²) in [4.78, 5) is 16.9. The Morgan fingerprint density at radius 1 is 1.00 bits per heavy atom. The van der Waals surface area contributed by atoms with E-state index < -0.39 is 7.60 Å². The molecule has 85 valence electrons. The number of hydrogen-bond acceptors (Lipinski definition) is 4. The third-order valence-electron chi connectivity index (χ3n) is 1.27. The maximum absolute atomic E-state index is 10.4. The summed E-state index contributed by atoms with van der Waals surface area (Å²) in [7, 11) is -0.764. The predicted octanol–water partition coefficient (Wildman–Crippen LogP) is 0.00549. The Balaban J connectivity index is 3.03. The summed E-state index contributed by atoms with van der Waals surface area (Å²) in [5, 5.41) is 0. The van der Waals surface area contributed by atoms with Gasteiger partial charge in [-0.05, 0) is 0 Å². The molecule has 0 aliphatic carbocycles. The van der Waals surface area contributed by atoms with Crippen LogP contribution in [0.1, 0.15) is 0 Å². The highest BCUT2D eigenvalue weighted by atomic mass is 31.2. The van der Waals surface area contributed by atoms with Crippen molar-refractivity contribution in [3.8, 4) is 0 Å². The molecule has 0 aliphatic rings.